The smallest absolute Gasteiger partial charge is 0.163 e. The molecule has 104 valence electrons. The van der Waals surface area contributed by atoms with Crippen LogP contribution in [0.15, 0.2) is 29.6 Å². The van der Waals surface area contributed by atoms with Crippen molar-refractivity contribution in [3.63, 3.8) is 0 Å². The molecule has 0 bridgehead atoms. The van der Waals surface area contributed by atoms with Gasteiger partial charge < -0.3 is 15.2 Å². The summed E-state index contributed by atoms with van der Waals surface area (Å²) in [5.41, 5.74) is 6.45. The number of halogens is 2. The van der Waals surface area contributed by atoms with E-state index in [1.54, 1.807) is 6.07 Å². The third kappa shape index (κ3) is 3.18. The van der Waals surface area contributed by atoms with Crippen molar-refractivity contribution in [2.45, 2.75) is 6.04 Å². The molecular formula is C13H15ClFNO2S. The number of benzene rings is 1. The Labute approximate surface area is 121 Å². The van der Waals surface area contributed by atoms with E-state index >= 15 is 0 Å². The van der Waals surface area contributed by atoms with Crippen LogP contribution in [0.1, 0.15) is 16.5 Å². The standard InChI is InChI=1S/C13H14FNO2S.ClH/c1-16-10-6-8(9(14)7-11(10)17-2)13(15)12-4-3-5-18-12;/h3-7,13H,15H2,1-2H3;1H/t13-;/m1./s1. The molecule has 0 saturated carbocycles. The van der Waals surface area contributed by atoms with Crippen molar-refractivity contribution in [1.82, 2.24) is 0 Å². The van der Waals surface area contributed by atoms with Gasteiger partial charge in [-0.3, -0.25) is 0 Å². The fourth-order valence-electron chi connectivity index (χ4n) is 1.73. The van der Waals surface area contributed by atoms with Gasteiger partial charge >= 0.3 is 0 Å². The van der Waals surface area contributed by atoms with Gasteiger partial charge in [-0.1, -0.05) is 6.07 Å². The molecule has 1 aromatic carbocycles. The zero-order chi connectivity index (χ0) is 13.1. The van der Waals surface area contributed by atoms with Crippen molar-refractivity contribution in [3.8, 4) is 11.5 Å². The summed E-state index contributed by atoms with van der Waals surface area (Å²) in [5, 5.41) is 1.91. The molecule has 0 aliphatic carbocycles. The third-order valence-corrected chi connectivity index (χ3v) is 3.64. The van der Waals surface area contributed by atoms with Crippen LogP contribution in [0.4, 0.5) is 4.39 Å². The van der Waals surface area contributed by atoms with Crippen LogP contribution in [0, 0.1) is 5.82 Å². The molecule has 0 radical (unpaired) electrons. The average molecular weight is 304 g/mol. The largest absolute Gasteiger partial charge is 0.493 e. The summed E-state index contributed by atoms with van der Waals surface area (Å²) in [7, 11) is 2.98. The van der Waals surface area contributed by atoms with Gasteiger partial charge in [-0.25, -0.2) is 4.39 Å². The third-order valence-electron chi connectivity index (χ3n) is 2.69. The fraction of sp³-hybridized carbons (Fsp3) is 0.231. The van der Waals surface area contributed by atoms with Crippen LogP contribution in [0.25, 0.3) is 0 Å². The van der Waals surface area contributed by atoms with E-state index in [0.29, 0.717) is 17.1 Å². The van der Waals surface area contributed by atoms with Crippen LogP contribution < -0.4 is 15.2 Å². The van der Waals surface area contributed by atoms with Crippen LogP contribution in [-0.2, 0) is 0 Å². The maximum absolute atomic E-state index is 14.0. The Balaban J connectivity index is 0.00000180. The minimum Gasteiger partial charge on any atom is -0.493 e. The molecule has 6 heteroatoms. The number of hydrogen-bond acceptors (Lipinski definition) is 4. The summed E-state index contributed by atoms with van der Waals surface area (Å²) in [6.07, 6.45) is 0. The second-order valence-corrected chi connectivity index (χ2v) is 4.70. The molecule has 2 rings (SSSR count). The van der Waals surface area contributed by atoms with Crippen molar-refractivity contribution in [1.29, 1.82) is 0 Å². The molecule has 2 N–H and O–H groups in total. The number of nitrogens with two attached hydrogens (primary N) is 1. The Kier molecular flexibility index (Phi) is 5.60. The van der Waals surface area contributed by atoms with Gasteiger partial charge in [0.25, 0.3) is 0 Å². The Bertz CT molecular complexity index is 534. The number of thiophene rings is 1. The molecule has 1 atom stereocenters. The van der Waals surface area contributed by atoms with Crippen LogP contribution in [-0.4, -0.2) is 14.2 Å². The highest BCUT2D eigenvalue weighted by molar-refractivity contribution is 7.10. The molecule has 0 saturated heterocycles. The lowest BCUT2D eigenvalue weighted by Gasteiger charge is -2.15. The van der Waals surface area contributed by atoms with Gasteiger partial charge in [0, 0.05) is 16.5 Å². The van der Waals surface area contributed by atoms with Crippen molar-refractivity contribution in [2.75, 3.05) is 14.2 Å². The zero-order valence-electron chi connectivity index (χ0n) is 10.6. The quantitative estimate of drug-likeness (QED) is 0.942. The minimum absolute atomic E-state index is 0. The molecule has 0 aliphatic heterocycles. The first kappa shape index (κ1) is 15.8. The van der Waals surface area contributed by atoms with Gasteiger partial charge in [0.2, 0.25) is 0 Å². The maximum atomic E-state index is 14.0. The van der Waals surface area contributed by atoms with E-state index in [9.17, 15) is 4.39 Å². The first-order valence-electron chi connectivity index (χ1n) is 5.37. The summed E-state index contributed by atoms with van der Waals surface area (Å²) in [5.74, 6) is 0.437. The van der Waals surface area contributed by atoms with Gasteiger partial charge in [0.1, 0.15) is 5.82 Å². The van der Waals surface area contributed by atoms with Gasteiger partial charge in [-0.15, -0.1) is 23.7 Å². The Morgan fingerprint density at radius 1 is 1.21 bits per heavy atom. The van der Waals surface area contributed by atoms with Crippen molar-refractivity contribution >= 4 is 23.7 Å². The lowest BCUT2D eigenvalue weighted by atomic mass is 10.0. The predicted octanol–water partition coefficient (Wildman–Crippen LogP) is 3.37. The predicted molar refractivity (Wildman–Crippen MR) is 77.1 cm³/mol. The highest BCUT2D eigenvalue weighted by Gasteiger charge is 2.18. The molecule has 0 fully saturated rings. The molecular weight excluding hydrogens is 289 g/mol. The van der Waals surface area contributed by atoms with Gasteiger partial charge in [0.15, 0.2) is 11.5 Å². The molecule has 0 aliphatic rings. The summed E-state index contributed by atoms with van der Waals surface area (Å²) in [6, 6.07) is 6.15. The SMILES string of the molecule is COc1cc(F)c([C@@H](N)c2cccs2)cc1OC.Cl. The van der Waals surface area contributed by atoms with Gasteiger partial charge in [-0.05, 0) is 17.5 Å². The van der Waals surface area contributed by atoms with E-state index in [0.717, 1.165) is 4.88 Å². The second kappa shape index (κ2) is 6.75. The lowest BCUT2D eigenvalue weighted by Crippen LogP contribution is -2.12. The van der Waals surface area contributed by atoms with E-state index in [1.807, 2.05) is 17.5 Å². The fourth-order valence-corrected chi connectivity index (χ4v) is 2.47. The van der Waals surface area contributed by atoms with E-state index in [-0.39, 0.29) is 12.4 Å². The molecule has 0 spiro atoms. The molecule has 1 heterocycles. The molecule has 1 aromatic heterocycles. The first-order chi connectivity index (χ1) is 8.67. The second-order valence-electron chi connectivity index (χ2n) is 3.72. The number of ether oxygens (including phenoxy) is 2. The van der Waals surface area contributed by atoms with Crippen molar-refractivity contribution < 1.29 is 13.9 Å². The van der Waals surface area contributed by atoms with E-state index in [1.165, 1.54) is 31.6 Å². The number of hydrogen-bond donors (Lipinski definition) is 1. The molecule has 19 heavy (non-hydrogen) atoms. The summed E-state index contributed by atoms with van der Waals surface area (Å²) < 4.78 is 24.2. The summed E-state index contributed by atoms with van der Waals surface area (Å²) in [6.45, 7) is 0. The van der Waals surface area contributed by atoms with Crippen LogP contribution >= 0.6 is 23.7 Å². The average Bonchev–Trinajstić information content (AvgIpc) is 2.91. The van der Waals surface area contributed by atoms with Crippen molar-refractivity contribution in [3.05, 3.63) is 45.9 Å². The molecule has 2 aromatic rings. The first-order valence-corrected chi connectivity index (χ1v) is 6.25. The number of rotatable bonds is 4. The summed E-state index contributed by atoms with van der Waals surface area (Å²) >= 11 is 1.49. The maximum Gasteiger partial charge on any atom is 0.163 e. The van der Waals surface area contributed by atoms with Crippen molar-refractivity contribution in [2.24, 2.45) is 5.73 Å². The Hall–Kier alpha value is -1.30. The molecule has 0 unspecified atom stereocenters. The van der Waals surface area contributed by atoms with Gasteiger partial charge in [0.05, 0.1) is 20.3 Å². The Morgan fingerprint density at radius 3 is 2.37 bits per heavy atom. The lowest BCUT2D eigenvalue weighted by molar-refractivity contribution is 0.351. The van der Waals surface area contributed by atoms with Crippen LogP contribution in [0.2, 0.25) is 0 Å². The summed E-state index contributed by atoms with van der Waals surface area (Å²) in [4.78, 5) is 0.904. The van der Waals surface area contributed by atoms with Gasteiger partial charge in [-0.2, -0.15) is 0 Å². The van der Waals surface area contributed by atoms with E-state index < -0.39 is 11.9 Å². The topological polar surface area (TPSA) is 44.5 Å². The molecule has 0 amide bonds. The molecule has 3 nitrogen and oxygen atoms in total. The zero-order valence-corrected chi connectivity index (χ0v) is 12.2. The minimum atomic E-state index is -0.496. The number of methoxy groups -OCH3 is 2. The highest BCUT2D eigenvalue weighted by atomic mass is 35.5. The highest BCUT2D eigenvalue weighted by Crippen LogP contribution is 2.34. The van der Waals surface area contributed by atoms with E-state index in [2.05, 4.69) is 0 Å². The Morgan fingerprint density at radius 2 is 1.84 bits per heavy atom. The van der Waals surface area contributed by atoms with E-state index in [4.69, 9.17) is 15.2 Å². The normalized spacial score (nSPS) is 11.6. The van der Waals surface area contributed by atoms with Crippen LogP contribution in [0.3, 0.4) is 0 Å². The van der Waals surface area contributed by atoms with Crippen LogP contribution in [0.5, 0.6) is 11.5 Å². The monoisotopic (exact) mass is 303 g/mol.